The average molecular weight is 382 g/mol. The van der Waals surface area contributed by atoms with Gasteiger partial charge in [-0.25, -0.2) is 9.97 Å². The van der Waals surface area contributed by atoms with E-state index in [9.17, 15) is 4.79 Å². The van der Waals surface area contributed by atoms with Crippen LogP contribution in [-0.4, -0.2) is 47.0 Å². The number of carbonyl (C=O) groups is 1. The van der Waals surface area contributed by atoms with Crippen molar-refractivity contribution in [3.8, 4) is 0 Å². The van der Waals surface area contributed by atoms with Crippen LogP contribution in [0, 0.1) is 6.92 Å². The minimum Gasteiger partial charge on any atom is -0.372 e. The summed E-state index contributed by atoms with van der Waals surface area (Å²) < 4.78 is 0. The highest BCUT2D eigenvalue weighted by Gasteiger charge is 2.18. The molecule has 0 unspecified atom stereocenters. The van der Waals surface area contributed by atoms with Gasteiger partial charge in [-0.05, 0) is 57.4 Å². The predicted octanol–water partition coefficient (Wildman–Crippen LogP) is 4.39. The molecule has 0 aliphatic carbocycles. The van der Waals surface area contributed by atoms with Gasteiger partial charge < -0.3 is 15.1 Å². The molecule has 6 heteroatoms. The van der Waals surface area contributed by atoms with Crippen LogP contribution in [0.4, 0.5) is 17.3 Å². The Morgan fingerprint density at radius 1 is 1.07 bits per heavy atom. The molecule has 1 fully saturated rings. The summed E-state index contributed by atoms with van der Waals surface area (Å²) in [4.78, 5) is 25.6. The molecule has 0 saturated carbocycles. The lowest BCUT2D eigenvalue weighted by Gasteiger charge is -2.22. The monoisotopic (exact) mass is 381 g/mol. The molecule has 6 nitrogen and oxygen atoms in total. The molecule has 1 aromatic carbocycles. The van der Waals surface area contributed by atoms with Crippen LogP contribution in [-0.2, 0) is 0 Å². The Kier molecular flexibility index (Phi) is 6.85. The number of aromatic nitrogens is 2. The molecule has 1 aliphatic heterocycles. The maximum atomic E-state index is 12.7. The summed E-state index contributed by atoms with van der Waals surface area (Å²) >= 11 is 0. The maximum absolute atomic E-state index is 12.7. The average Bonchev–Trinajstić information content (AvgIpc) is 3.00. The topological polar surface area (TPSA) is 61.4 Å². The van der Waals surface area contributed by atoms with Gasteiger partial charge in [0.2, 0.25) is 5.95 Å². The number of rotatable bonds is 6. The zero-order valence-electron chi connectivity index (χ0n) is 17.2. The van der Waals surface area contributed by atoms with Crippen LogP contribution >= 0.6 is 0 Å². The van der Waals surface area contributed by atoms with Gasteiger partial charge in [0.15, 0.2) is 0 Å². The fourth-order valence-electron chi connectivity index (χ4n) is 3.65. The quantitative estimate of drug-likeness (QED) is 0.804. The van der Waals surface area contributed by atoms with Gasteiger partial charge in [-0.1, -0.05) is 12.8 Å². The molecule has 3 rings (SSSR count). The first kappa shape index (κ1) is 20.1. The molecule has 1 aliphatic rings. The van der Waals surface area contributed by atoms with Crippen LogP contribution in [0.5, 0.6) is 0 Å². The molecule has 0 bridgehead atoms. The van der Waals surface area contributed by atoms with Gasteiger partial charge in [-0.3, -0.25) is 4.79 Å². The summed E-state index contributed by atoms with van der Waals surface area (Å²) in [6.07, 6.45) is 7.82. The van der Waals surface area contributed by atoms with E-state index in [-0.39, 0.29) is 5.91 Å². The molecule has 1 saturated heterocycles. The van der Waals surface area contributed by atoms with E-state index in [1.807, 2.05) is 4.90 Å². The summed E-state index contributed by atoms with van der Waals surface area (Å²) in [5, 5.41) is 3.26. The summed E-state index contributed by atoms with van der Waals surface area (Å²) in [5.41, 5.74) is 3.88. The van der Waals surface area contributed by atoms with Crippen LogP contribution < -0.4 is 10.2 Å². The van der Waals surface area contributed by atoms with Crippen molar-refractivity contribution in [3.05, 3.63) is 41.7 Å². The Bertz CT molecular complexity index is 778. The number of likely N-dealkylation sites (tertiary alicyclic amines) is 1. The molecular weight excluding hydrogens is 350 g/mol. The Morgan fingerprint density at radius 3 is 2.29 bits per heavy atom. The van der Waals surface area contributed by atoms with Crippen molar-refractivity contribution in [2.24, 2.45) is 0 Å². The zero-order valence-corrected chi connectivity index (χ0v) is 17.2. The number of nitrogens with zero attached hydrogens (tertiary/aromatic N) is 4. The van der Waals surface area contributed by atoms with Gasteiger partial charge in [0, 0.05) is 49.9 Å². The van der Waals surface area contributed by atoms with Gasteiger partial charge in [-0.15, -0.1) is 0 Å². The second-order valence-corrected chi connectivity index (χ2v) is 7.30. The second kappa shape index (κ2) is 9.53. The number of anilines is 3. The number of carbonyl (C=O) groups excluding carboxylic acids is 1. The Labute approximate surface area is 168 Å². The van der Waals surface area contributed by atoms with Gasteiger partial charge in [0.05, 0.1) is 5.56 Å². The first-order valence-electron chi connectivity index (χ1n) is 10.4. The van der Waals surface area contributed by atoms with E-state index < -0.39 is 0 Å². The number of hydrogen-bond donors (Lipinski definition) is 1. The summed E-state index contributed by atoms with van der Waals surface area (Å²) in [5.74, 6) is 0.541. The second-order valence-electron chi connectivity index (χ2n) is 7.30. The molecule has 28 heavy (non-hydrogen) atoms. The normalized spacial score (nSPS) is 14.5. The van der Waals surface area contributed by atoms with Crippen LogP contribution in [0.3, 0.4) is 0 Å². The molecule has 0 atom stereocenters. The molecule has 2 aromatic rings. The molecule has 2 heterocycles. The minimum atomic E-state index is 0.0354. The number of amides is 1. The lowest BCUT2D eigenvalue weighted by molar-refractivity contribution is 0.0761. The fraction of sp³-hybridized carbons (Fsp3) is 0.500. The third-order valence-electron chi connectivity index (χ3n) is 5.38. The Morgan fingerprint density at radius 2 is 1.71 bits per heavy atom. The van der Waals surface area contributed by atoms with E-state index in [4.69, 9.17) is 0 Å². The van der Waals surface area contributed by atoms with Crippen LogP contribution in [0.1, 0.15) is 55.5 Å². The van der Waals surface area contributed by atoms with E-state index in [0.717, 1.165) is 50.3 Å². The van der Waals surface area contributed by atoms with Crippen molar-refractivity contribution >= 4 is 23.2 Å². The fourth-order valence-corrected chi connectivity index (χ4v) is 3.65. The van der Waals surface area contributed by atoms with Gasteiger partial charge >= 0.3 is 0 Å². The third-order valence-corrected chi connectivity index (χ3v) is 5.38. The lowest BCUT2D eigenvalue weighted by atomic mass is 10.1. The Hall–Kier alpha value is -2.63. The molecule has 0 spiro atoms. The van der Waals surface area contributed by atoms with Crippen molar-refractivity contribution in [2.45, 2.75) is 46.5 Å². The first-order chi connectivity index (χ1) is 13.6. The zero-order chi connectivity index (χ0) is 19.9. The lowest BCUT2D eigenvalue weighted by Crippen LogP contribution is -2.32. The van der Waals surface area contributed by atoms with Crippen molar-refractivity contribution < 1.29 is 4.79 Å². The van der Waals surface area contributed by atoms with Gasteiger partial charge in [0.1, 0.15) is 0 Å². The third kappa shape index (κ3) is 4.80. The van der Waals surface area contributed by atoms with E-state index >= 15 is 0 Å². The molecule has 1 aromatic heterocycles. The van der Waals surface area contributed by atoms with Crippen molar-refractivity contribution in [2.75, 3.05) is 36.4 Å². The number of aryl methyl sites for hydroxylation is 1. The summed E-state index contributed by atoms with van der Waals surface area (Å²) in [6.45, 7) is 10.0. The summed E-state index contributed by atoms with van der Waals surface area (Å²) in [6, 6.07) is 6.34. The minimum absolute atomic E-state index is 0.0354. The van der Waals surface area contributed by atoms with E-state index in [0.29, 0.717) is 11.5 Å². The first-order valence-corrected chi connectivity index (χ1v) is 10.4. The molecule has 0 radical (unpaired) electrons. The van der Waals surface area contributed by atoms with Gasteiger partial charge in [-0.2, -0.15) is 0 Å². The predicted molar refractivity (Wildman–Crippen MR) is 114 cm³/mol. The highest BCUT2D eigenvalue weighted by Crippen LogP contribution is 2.24. The van der Waals surface area contributed by atoms with Crippen LogP contribution in [0.15, 0.2) is 30.6 Å². The molecular formula is C22H31N5O. The molecule has 1 N–H and O–H groups in total. The number of hydrogen-bond acceptors (Lipinski definition) is 5. The van der Waals surface area contributed by atoms with Crippen molar-refractivity contribution in [3.63, 3.8) is 0 Å². The van der Waals surface area contributed by atoms with E-state index in [1.165, 1.54) is 18.5 Å². The maximum Gasteiger partial charge on any atom is 0.256 e. The largest absolute Gasteiger partial charge is 0.372 e. The number of nitrogens with one attached hydrogen (secondary N) is 1. The highest BCUT2D eigenvalue weighted by atomic mass is 16.2. The molecule has 150 valence electrons. The number of benzene rings is 1. The van der Waals surface area contributed by atoms with Crippen LogP contribution in [0.2, 0.25) is 0 Å². The van der Waals surface area contributed by atoms with Gasteiger partial charge in [0.25, 0.3) is 5.91 Å². The van der Waals surface area contributed by atoms with Crippen molar-refractivity contribution in [1.29, 1.82) is 0 Å². The van der Waals surface area contributed by atoms with E-state index in [1.54, 1.807) is 12.4 Å². The standard InChI is InChI=1S/C22H31N5O/c1-4-26(5-2)19-10-11-20(17(3)14-19)25-22-23-15-18(16-24-22)21(28)27-12-8-6-7-9-13-27/h10-11,14-16H,4-9,12-13H2,1-3H3,(H,23,24,25). The SMILES string of the molecule is CCN(CC)c1ccc(Nc2ncc(C(=O)N3CCCCCC3)cn2)c(C)c1. The van der Waals surface area contributed by atoms with E-state index in [2.05, 4.69) is 59.2 Å². The highest BCUT2D eigenvalue weighted by molar-refractivity contribution is 5.93. The molecule has 1 amide bonds. The Balaban J connectivity index is 1.68. The smallest absolute Gasteiger partial charge is 0.256 e. The summed E-state index contributed by atoms with van der Waals surface area (Å²) in [7, 11) is 0. The van der Waals surface area contributed by atoms with Crippen molar-refractivity contribution in [1.82, 2.24) is 14.9 Å². The van der Waals surface area contributed by atoms with Crippen LogP contribution in [0.25, 0.3) is 0 Å².